The van der Waals surface area contributed by atoms with E-state index in [2.05, 4.69) is 21.5 Å². The van der Waals surface area contributed by atoms with Gasteiger partial charge in [0.05, 0.1) is 13.1 Å². The van der Waals surface area contributed by atoms with Gasteiger partial charge in [-0.1, -0.05) is 0 Å². The summed E-state index contributed by atoms with van der Waals surface area (Å²) in [5, 5.41) is 20.9. The maximum atomic E-state index is 9.13. The number of tetrazole rings is 1. The fourth-order valence-corrected chi connectivity index (χ4v) is 2.88. The minimum absolute atomic E-state index is 0.303. The van der Waals surface area contributed by atoms with Gasteiger partial charge in [0.2, 0.25) is 0 Å². The van der Waals surface area contributed by atoms with E-state index < -0.39 is 0 Å². The molecule has 1 fully saturated rings. The second-order valence-corrected chi connectivity index (χ2v) is 4.91. The third-order valence-electron chi connectivity index (χ3n) is 2.30. The molecule has 0 saturated carbocycles. The van der Waals surface area contributed by atoms with E-state index in [-0.39, 0.29) is 4.75 Å². The summed E-state index contributed by atoms with van der Waals surface area (Å²) in [6, 6.07) is 2.38. The number of hydrogen-bond donors (Lipinski definition) is 0. The Kier molecular flexibility index (Phi) is 2.42. The van der Waals surface area contributed by atoms with Crippen molar-refractivity contribution in [2.24, 2.45) is 7.05 Å². The van der Waals surface area contributed by atoms with Gasteiger partial charge >= 0.3 is 0 Å². The molecule has 0 radical (unpaired) electrons. The van der Waals surface area contributed by atoms with Crippen molar-refractivity contribution in [2.75, 3.05) is 5.75 Å². The third kappa shape index (κ3) is 1.73. The Morgan fingerprint density at radius 1 is 1.71 bits per heavy atom. The summed E-state index contributed by atoms with van der Waals surface area (Å²) < 4.78 is -0.303. The predicted molar refractivity (Wildman–Crippen MR) is 52.5 cm³/mol. The highest BCUT2D eigenvalue weighted by atomic mass is 32.2. The van der Waals surface area contributed by atoms with Gasteiger partial charge in [0.15, 0.2) is 5.82 Å². The van der Waals surface area contributed by atoms with E-state index in [9.17, 15) is 0 Å². The number of nitrogens with zero attached hydrogens (tertiary/aromatic N) is 5. The molecule has 0 aliphatic carbocycles. The molecule has 0 N–H and O–H groups in total. The standard InChI is InChI=1S/C8H11N5S/c1-13-11-7(10-12-13)5-8(6-9)3-2-4-14-8/h2-5H2,1H3. The zero-order valence-corrected chi connectivity index (χ0v) is 8.79. The molecule has 5 nitrogen and oxygen atoms in total. The van der Waals surface area contributed by atoms with Crippen LogP contribution in [0.1, 0.15) is 18.7 Å². The summed E-state index contributed by atoms with van der Waals surface area (Å²) in [6.07, 6.45) is 2.66. The molecule has 1 atom stereocenters. The Hall–Kier alpha value is -1.09. The van der Waals surface area contributed by atoms with Gasteiger partial charge < -0.3 is 0 Å². The monoisotopic (exact) mass is 209 g/mol. The van der Waals surface area contributed by atoms with E-state index in [1.54, 1.807) is 18.8 Å². The first-order chi connectivity index (χ1) is 6.74. The summed E-state index contributed by atoms with van der Waals surface area (Å²) in [4.78, 5) is 1.43. The Morgan fingerprint density at radius 2 is 2.57 bits per heavy atom. The quantitative estimate of drug-likeness (QED) is 0.711. The second-order valence-electron chi connectivity index (χ2n) is 3.43. The molecular formula is C8H11N5S. The van der Waals surface area contributed by atoms with Crippen molar-refractivity contribution in [1.29, 1.82) is 5.26 Å². The molecule has 6 heteroatoms. The second kappa shape index (κ2) is 3.58. The Bertz CT molecular complexity index is 360. The molecular weight excluding hydrogens is 198 g/mol. The van der Waals surface area contributed by atoms with Gasteiger partial charge in [0, 0.05) is 6.42 Å². The lowest BCUT2D eigenvalue weighted by molar-refractivity contribution is 0.618. The highest BCUT2D eigenvalue weighted by molar-refractivity contribution is 8.01. The van der Waals surface area contributed by atoms with Crippen molar-refractivity contribution < 1.29 is 0 Å². The van der Waals surface area contributed by atoms with Crippen LogP contribution >= 0.6 is 11.8 Å². The summed E-state index contributed by atoms with van der Waals surface area (Å²) in [5.41, 5.74) is 0. The van der Waals surface area contributed by atoms with Crippen LogP contribution in [0.5, 0.6) is 0 Å². The van der Waals surface area contributed by atoms with Crippen molar-refractivity contribution in [3.8, 4) is 6.07 Å². The largest absolute Gasteiger partial charge is 0.197 e. The van der Waals surface area contributed by atoms with Crippen molar-refractivity contribution in [3.05, 3.63) is 5.82 Å². The number of hydrogen-bond acceptors (Lipinski definition) is 5. The minimum atomic E-state index is -0.303. The first-order valence-electron chi connectivity index (χ1n) is 4.52. The van der Waals surface area contributed by atoms with Gasteiger partial charge in [-0.3, -0.25) is 0 Å². The van der Waals surface area contributed by atoms with Crippen molar-refractivity contribution >= 4 is 11.8 Å². The maximum absolute atomic E-state index is 9.13. The molecule has 74 valence electrons. The fourth-order valence-electron chi connectivity index (χ4n) is 1.61. The summed E-state index contributed by atoms with van der Waals surface area (Å²) in [5.74, 6) is 1.73. The molecule has 0 aromatic carbocycles. The molecule has 0 amide bonds. The third-order valence-corrected chi connectivity index (χ3v) is 3.79. The molecule has 1 aliphatic rings. The van der Waals surface area contributed by atoms with Crippen LogP contribution in [0, 0.1) is 11.3 Å². The van der Waals surface area contributed by atoms with Gasteiger partial charge in [0.25, 0.3) is 0 Å². The number of rotatable bonds is 2. The molecule has 2 rings (SSSR count). The summed E-state index contributed by atoms with van der Waals surface area (Å²) in [7, 11) is 1.73. The van der Waals surface area contributed by atoms with E-state index >= 15 is 0 Å². The maximum Gasteiger partial charge on any atom is 0.177 e. The first kappa shape index (κ1) is 9.46. The first-order valence-corrected chi connectivity index (χ1v) is 5.51. The fraction of sp³-hybridized carbons (Fsp3) is 0.750. The highest BCUT2D eigenvalue weighted by Gasteiger charge is 2.36. The van der Waals surface area contributed by atoms with Gasteiger partial charge in [-0.15, -0.1) is 22.0 Å². The lowest BCUT2D eigenvalue weighted by atomic mass is 10.0. The van der Waals surface area contributed by atoms with E-state index in [0.29, 0.717) is 12.2 Å². The highest BCUT2D eigenvalue weighted by Crippen LogP contribution is 2.39. The smallest absolute Gasteiger partial charge is 0.177 e. The van der Waals surface area contributed by atoms with Crippen molar-refractivity contribution in [3.63, 3.8) is 0 Å². The molecule has 1 saturated heterocycles. The molecule has 0 bridgehead atoms. The lowest BCUT2D eigenvalue weighted by Gasteiger charge is -2.15. The predicted octanol–water partition coefficient (Wildman–Crippen LogP) is 0.542. The zero-order chi connectivity index (χ0) is 10.0. The van der Waals surface area contributed by atoms with E-state index in [1.807, 2.05) is 0 Å². The van der Waals surface area contributed by atoms with E-state index in [1.165, 1.54) is 4.80 Å². The van der Waals surface area contributed by atoms with Crippen LogP contribution in [0.15, 0.2) is 0 Å². The van der Waals surface area contributed by atoms with Crippen molar-refractivity contribution in [2.45, 2.75) is 24.0 Å². The van der Waals surface area contributed by atoms with Gasteiger partial charge in [0.1, 0.15) is 4.75 Å². The summed E-state index contributed by atoms with van der Waals surface area (Å²) in [6.45, 7) is 0. The van der Waals surface area contributed by atoms with Gasteiger partial charge in [-0.05, 0) is 23.8 Å². The van der Waals surface area contributed by atoms with Crippen LogP contribution in [0.25, 0.3) is 0 Å². The van der Waals surface area contributed by atoms with Crippen molar-refractivity contribution in [1.82, 2.24) is 20.2 Å². The number of thioether (sulfide) groups is 1. The van der Waals surface area contributed by atoms with Crippen LogP contribution in [0.2, 0.25) is 0 Å². The Balaban J connectivity index is 2.13. The van der Waals surface area contributed by atoms with Crippen LogP contribution < -0.4 is 0 Å². The van der Waals surface area contributed by atoms with E-state index in [4.69, 9.17) is 5.26 Å². The average molecular weight is 209 g/mol. The van der Waals surface area contributed by atoms with Crippen LogP contribution in [-0.4, -0.2) is 30.7 Å². The minimum Gasteiger partial charge on any atom is -0.197 e. The van der Waals surface area contributed by atoms with Gasteiger partial charge in [-0.25, -0.2) is 0 Å². The van der Waals surface area contributed by atoms with Crippen LogP contribution in [0.4, 0.5) is 0 Å². The molecule has 2 heterocycles. The molecule has 14 heavy (non-hydrogen) atoms. The average Bonchev–Trinajstić information content (AvgIpc) is 2.77. The van der Waals surface area contributed by atoms with Crippen LogP contribution in [-0.2, 0) is 13.5 Å². The topological polar surface area (TPSA) is 67.4 Å². The molecule has 0 spiro atoms. The normalized spacial score (nSPS) is 26.3. The number of aryl methyl sites for hydroxylation is 1. The number of nitriles is 1. The number of aromatic nitrogens is 4. The van der Waals surface area contributed by atoms with E-state index in [0.717, 1.165) is 18.6 Å². The Morgan fingerprint density at radius 3 is 3.07 bits per heavy atom. The summed E-state index contributed by atoms with van der Waals surface area (Å²) >= 11 is 1.72. The lowest BCUT2D eigenvalue weighted by Crippen LogP contribution is -2.22. The molecule has 1 aromatic rings. The molecule has 1 unspecified atom stereocenters. The molecule has 1 aromatic heterocycles. The SMILES string of the molecule is Cn1nnc(CC2(C#N)CCCS2)n1. The van der Waals surface area contributed by atoms with Crippen LogP contribution in [0.3, 0.4) is 0 Å². The zero-order valence-electron chi connectivity index (χ0n) is 7.97. The molecule has 1 aliphatic heterocycles. The van der Waals surface area contributed by atoms with Gasteiger partial charge in [-0.2, -0.15) is 10.1 Å². The Labute approximate surface area is 86.5 Å².